The molecule has 0 aliphatic carbocycles. The Morgan fingerprint density at radius 1 is 1.26 bits per heavy atom. The van der Waals surface area contributed by atoms with Gasteiger partial charge in [0.1, 0.15) is 0 Å². The third-order valence-corrected chi connectivity index (χ3v) is 3.60. The van der Waals surface area contributed by atoms with Crippen molar-refractivity contribution in [3.8, 4) is 0 Å². The summed E-state index contributed by atoms with van der Waals surface area (Å²) in [6.07, 6.45) is 0.792. The molecule has 1 unspecified atom stereocenters. The van der Waals surface area contributed by atoms with Crippen LogP contribution in [0.15, 0.2) is 18.2 Å². The Hall–Kier alpha value is -0.320. The molecule has 0 bridgehead atoms. The van der Waals surface area contributed by atoms with E-state index < -0.39 is 0 Å². The van der Waals surface area contributed by atoms with Crippen LogP contribution in [0.4, 0.5) is 0 Å². The topological polar surface area (TPSA) is 30.5 Å². The molecule has 0 amide bonds. The summed E-state index contributed by atoms with van der Waals surface area (Å²) in [6.45, 7) is 4.79. The van der Waals surface area contributed by atoms with Crippen LogP contribution in [0.25, 0.3) is 0 Å². The Labute approximate surface area is 125 Å². The fourth-order valence-corrected chi connectivity index (χ4v) is 2.22. The minimum atomic E-state index is 0.220. The van der Waals surface area contributed by atoms with Gasteiger partial charge in [-0.3, -0.25) is 0 Å². The summed E-state index contributed by atoms with van der Waals surface area (Å²) in [5, 5.41) is 4.61. The highest BCUT2D eigenvalue weighted by Crippen LogP contribution is 2.26. The Morgan fingerprint density at radius 3 is 2.74 bits per heavy atom. The lowest BCUT2D eigenvalue weighted by Gasteiger charge is -2.19. The second-order valence-corrected chi connectivity index (χ2v) is 5.02. The molecule has 0 fully saturated rings. The highest BCUT2D eigenvalue weighted by molar-refractivity contribution is 6.42. The Bertz CT molecular complexity index is 374. The van der Waals surface area contributed by atoms with Crippen LogP contribution in [0.1, 0.15) is 12.5 Å². The van der Waals surface area contributed by atoms with Crippen molar-refractivity contribution in [2.75, 3.05) is 33.5 Å². The molecule has 0 spiro atoms. The first-order valence-corrected chi connectivity index (χ1v) is 7.17. The number of hydrogen-bond acceptors (Lipinski definition) is 3. The highest BCUT2D eigenvalue weighted by Gasteiger charge is 2.12. The van der Waals surface area contributed by atoms with Gasteiger partial charge < -0.3 is 14.8 Å². The van der Waals surface area contributed by atoms with Crippen LogP contribution in [0.3, 0.4) is 0 Å². The van der Waals surface area contributed by atoms with Crippen LogP contribution in [-0.2, 0) is 15.9 Å². The summed E-state index contributed by atoms with van der Waals surface area (Å²) < 4.78 is 10.5. The van der Waals surface area contributed by atoms with Crippen molar-refractivity contribution in [3.05, 3.63) is 33.8 Å². The van der Waals surface area contributed by atoms with Crippen LogP contribution in [-0.4, -0.2) is 39.5 Å². The van der Waals surface area contributed by atoms with Gasteiger partial charge in [-0.1, -0.05) is 42.3 Å². The standard InChI is InChI=1S/C14H21Cl2NO2/c1-3-17-12(10-19-8-7-18-2)9-11-5-4-6-13(15)14(11)16/h4-6,12,17H,3,7-10H2,1-2H3. The van der Waals surface area contributed by atoms with E-state index in [9.17, 15) is 0 Å². The molecular weight excluding hydrogens is 285 g/mol. The summed E-state index contributed by atoms with van der Waals surface area (Å²) in [5.41, 5.74) is 1.04. The van der Waals surface area contributed by atoms with Crippen LogP contribution < -0.4 is 5.32 Å². The Morgan fingerprint density at radius 2 is 2.05 bits per heavy atom. The molecule has 1 rings (SSSR count). The van der Waals surface area contributed by atoms with Crippen LogP contribution in [0, 0.1) is 0 Å². The van der Waals surface area contributed by atoms with Gasteiger partial charge in [0.2, 0.25) is 0 Å². The second kappa shape index (κ2) is 9.56. The van der Waals surface area contributed by atoms with Gasteiger partial charge in [0.25, 0.3) is 0 Å². The van der Waals surface area contributed by atoms with Gasteiger partial charge in [0.05, 0.1) is 29.9 Å². The lowest BCUT2D eigenvalue weighted by Crippen LogP contribution is -2.35. The second-order valence-electron chi connectivity index (χ2n) is 4.24. The molecule has 5 heteroatoms. The normalized spacial score (nSPS) is 12.6. The smallest absolute Gasteiger partial charge is 0.0701 e. The van der Waals surface area contributed by atoms with Crippen molar-refractivity contribution in [1.82, 2.24) is 5.32 Å². The third-order valence-electron chi connectivity index (χ3n) is 2.74. The SMILES string of the molecule is CCNC(COCCOC)Cc1cccc(Cl)c1Cl. The fourth-order valence-electron chi connectivity index (χ4n) is 1.82. The zero-order chi connectivity index (χ0) is 14.1. The Balaban J connectivity index is 2.54. The van der Waals surface area contributed by atoms with E-state index in [-0.39, 0.29) is 6.04 Å². The lowest BCUT2D eigenvalue weighted by atomic mass is 10.1. The van der Waals surface area contributed by atoms with Crippen LogP contribution in [0.2, 0.25) is 10.0 Å². The van der Waals surface area contributed by atoms with Crippen molar-refractivity contribution < 1.29 is 9.47 Å². The van der Waals surface area contributed by atoms with E-state index in [1.54, 1.807) is 13.2 Å². The molecule has 1 N–H and O–H groups in total. The molecule has 0 saturated carbocycles. The quantitative estimate of drug-likeness (QED) is 0.711. The minimum absolute atomic E-state index is 0.220. The van der Waals surface area contributed by atoms with E-state index in [1.807, 2.05) is 12.1 Å². The molecule has 0 heterocycles. The van der Waals surface area contributed by atoms with E-state index in [1.165, 1.54) is 0 Å². The molecule has 1 aromatic carbocycles. The minimum Gasteiger partial charge on any atom is -0.382 e. The molecule has 0 aliphatic heterocycles. The van der Waals surface area contributed by atoms with E-state index >= 15 is 0 Å². The Kier molecular flexibility index (Phi) is 8.42. The molecule has 19 heavy (non-hydrogen) atoms. The van der Waals surface area contributed by atoms with Gasteiger partial charge in [-0.2, -0.15) is 0 Å². The molecule has 0 radical (unpaired) electrons. The molecule has 0 aliphatic rings. The van der Waals surface area contributed by atoms with E-state index in [4.69, 9.17) is 32.7 Å². The number of nitrogens with one attached hydrogen (secondary N) is 1. The number of benzene rings is 1. The predicted octanol–water partition coefficient (Wildman–Crippen LogP) is 3.18. The number of likely N-dealkylation sites (N-methyl/N-ethyl adjacent to an activating group) is 1. The van der Waals surface area contributed by atoms with Crippen molar-refractivity contribution in [1.29, 1.82) is 0 Å². The number of halogens is 2. The van der Waals surface area contributed by atoms with Crippen molar-refractivity contribution in [3.63, 3.8) is 0 Å². The fraction of sp³-hybridized carbons (Fsp3) is 0.571. The number of rotatable bonds is 9. The van der Waals surface area contributed by atoms with Crippen LogP contribution >= 0.6 is 23.2 Å². The molecule has 3 nitrogen and oxygen atoms in total. The predicted molar refractivity (Wildman–Crippen MR) is 80.3 cm³/mol. The van der Waals surface area contributed by atoms with Crippen molar-refractivity contribution >= 4 is 23.2 Å². The summed E-state index contributed by atoms with van der Waals surface area (Å²) in [4.78, 5) is 0. The van der Waals surface area contributed by atoms with E-state index in [0.717, 1.165) is 18.5 Å². The highest BCUT2D eigenvalue weighted by atomic mass is 35.5. The third kappa shape index (κ3) is 6.11. The summed E-state index contributed by atoms with van der Waals surface area (Å²) in [5.74, 6) is 0. The van der Waals surface area contributed by atoms with Gasteiger partial charge in [-0.15, -0.1) is 0 Å². The maximum absolute atomic E-state index is 6.20. The first-order valence-electron chi connectivity index (χ1n) is 6.42. The maximum Gasteiger partial charge on any atom is 0.0701 e. The molecule has 1 atom stereocenters. The van der Waals surface area contributed by atoms with Gasteiger partial charge in [0, 0.05) is 13.2 Å². The molecule has 108 valence electrons. The summed E-state index contributed by atoms with van der Waals surface area (Å²) in [6, 6.07) is 5.93. The molecular formula is C14H21Cl2NO2. The summed E-state index contributed by atoms with van der Waals surface area (Å²) in [7, 11) is 1.66. The summed E-state index contributed by atoms with van der Waals surface area (Å²) >= 11 is 12.2. The average Bonchev–Trinajstić information content (AvgIpc) is 2.40. The van der Waals surface area contributed by atoms with Gasteiger partial charge in [0.15, 0.2) is 0 Å². The van der Waals surface area contributed by atoms with Crippen molar-refractivity contribution in [2.45, 2.75) is 19.4 Å². The lowest BCUT2D eigenvalue weighted by molar-refractivity contribution is 0.0589. The van der Waals surface area contributed by atoms with Gasteiger partial charge in [-0.25, -0.2) is 0 Å². The monoisotopic (exact) mass is 305 g/mol. The average molecular weight is 306 g/mol. The zero-order valence-corrected chi connectivity index (χ0v) is 12.9. The van der Waals surface area contributed by atoms with E-state index in [2.05, 4.69) is 12.2 Å². The van der Waals surface area contributed by atoms with Crippen molar-refractivity contribution in [2.24, 2.45) is 0 Å². The van der Waals surface area contributed by atoms with Crippen LogP contribution in [0.5, 0.6) is 0 Å². The molecule has 0 aromatic heterocycles. The number of ether oxygens (including phenoxy) is 2. The van der Waals surface area contributed by atoms with Gasteiger partial charge >= 0.3 is 0 Å². The maximum atomic E-state index is 6.20. The van der Waals surface area contributed by atoms with Gasteiger partial charge in [-0.05, 0) is 24.6 Å². The number of methoxy groups -OCH3 is 1. The van der Waals surface area contributed by atoms with E-state index in [0.29, 0.717) is 29.9 Å². The number of hydrogen-bond donors (Lipinski definition) is 1. The zero-order valence-electron chi connectivity index (χ0n) is 11.4. The molecule has 0 saturated heterocycles. The molecule has 1 aromatic rings. The first-order chi connectivity index (χ1) is 9.19. The first kappa shape index (κ1) is 16.7. The largest absolute Gasteiger partial charge is 0.382 e.